The van der Waals surface area contributed by atoms with E-state index in [4.69, 9.17) is 9.15 Å². The Kier molecular flexibility index (Phi) is 3.55. The Hall–Kier alpha value is -2.30. The van der Waals surface area contributed by atoms with E-state index in [1.54, 1.807) is 39.2 Å². The lowest BCUT2D eigenvalue weighted by Crippen LogP contribution is -2.17. The molecule has 2 aromatic rings. The molecule has 2 rings (SSSR count). The average molecular weight is 262 g/mol. The molecule has 0 spiro atoms. The zero-order valence-corrected chi connectivity index (χ0v) is 11.0. The lowest BCUT2D eigenvalue weighted by atomic mass is 10.1. The third-order valence-electron chi connectivity index (χ3n) is 2.81. The molecule has 0 atom stereocenters. The first-order valence-corrected chi connectivity index (χ1v) is 5.87. The molecule has 0 aliphatic heterocycles. The summed E-state index contributed by atoms with van der Waals surface area (Å²) in [4.78, 5) is 23.3. The normalized spacial score (nSPS) is 10.5. The zero-order valence-electron chi connectivity index (χ0n) is 11.0. The molecule has 0 amide bonds. The Morgan fingerprint density at radius 2 is 2.05 bits per heavy atom. The van der Waals surface area contributed by atoms with Gasteiger partial charge in [-0.2, -0.15) is 0 Å². The van der Waals surface area contributed by atoms with Crippen LogP contribution in [0, 0.1) is 6.92 Å². The van der Waals surface area contributed by atoms with Gasteiger partial charge in [-0.15, -0.1) is 0 Å². The van der Waals surface area contributed by atoms with E-state index in [-0.39, 0.29) is 12.4 Å². The van der Waals surface area contributed by atoms with Gasteiger partial charge < -0.3 is 13.9 Å². The van der Waals surface area contributed by atoms with Crippen LogP contribution in [0.2, 0.25) is 0 Å². The van der Waals surface area contributed by atoms with Gasteiger partial charge >= 0.3 is 11.8 Å². The minimum absolute atomic E-state index is 0.0155. The van der Waals surface area contributed by atoms with Crippen LogP contribution < -0.4 is 4.74 Å². The molecule has 19 heavy (non-hydrogen) atoms. The predicted octanol–water partition coefficient (Wildman–Crippen LogP) is 2.50. The maximum atomic E-state index is 11.9. The molecule has 1 aromatic carbocycles. The summed E-state index contributed by atoms with van der Waals surface area (Å²) in [5, 5.41) is 0.772. The monoisotopic (exact) mass is 262 g/mol. The number of hydrogen-bond acceptors (Lipinski definition) is 5. The summed E-state index contributed by atoms with van der Waals surface area (Å²) >= 11 is 0. The maximum Gasteiger partial charge on any atom is 0.383 e. The van der Waals surface area contributed by atoms with Crippen molar-refractivity contribution in [1.29, 1.82) is 0 Å². The van der Waals surface area contributed by atoms with Gasteiger partial charge in [-0.05, 0) is 26.0 Å². The number of carbonyl (C=O) groups is 2. The van der Waals surface area contributed by atoms with Crippen molar-refractivity contribution in [3.63, 3.8) is 0 Å². The highest BCUT2D eigenvalue weighted by molar-refractivity contribution is 6.40. The molecule has 100 valence electrons. The molecule has 0 radical (unpaired) electrons. The number of methoxy groups -OCH3 is 1. The van der Waals surface area contributed by atoms with E-state index >= 15 is 0 Å². The highest BCUT2D eigenvalue weighted by Gasteiger charge is 2.25. The van der Waals surface area contributed by atoms with Crippen LogP contribution in [0.4, 0.5) is 0 Å². The van der Waals surface area contributed by atoms with Crippen LogP contribution in [0.15, 0.2) is 22.6 Å². The van der Waals surface area contributed by atoms with E-state index in [1.807, 2.05) is 0 Å². The van der Waals surface area contributed by atoms with Gasteiger partial charge in [-0.25, -0.2) is 4.79 Å². The van der Waals surface area contributed by atoms with Crippen molar-refractivity contribution in [2.75, 3.05) is 13.7 Å². The van der Waals surface area contributed by atoms with Crippen LogP contribution in [-0.2, 0) is 9.53 Å². The van der Waals surface area contributed by atoms with E-state index in [2.05, 4.69) is 4.74 Å². The van der Waals surface area contributed by atoms with Gasteiger partial charge in [0.05, 0.1) is 13.7 Å². The molecule has 1 aromatic heterocycles. The molecule has 0 bridgehead atoms. The molecule has 5 heteroatoms. The Bertz CT molecular complexity index is 639. The highest BCUT2D eigenvalue weighted by Crippen LogP contribution is 2.28. The number of furan rings is 1. The number of ketones is 1. The quantitative estimate of drug-likeness (QED) is 0.481. The van der Waals surface area contributed by atoms with Crippen LogP contribution in [0.1, 0.15) is 23.0 Å². The molecule has 0 unspecified atom stereocenters. The van der Waals surface area contributed by atoms with E-state index in [9.17, 15) is 9.59 Å². The molecule has 0 aliphatic carbocycles. The number of rotatable bonds is 4. The molecule has 0 saturated heterocycles. The molecule has 1 heterocycles. The van der Waals surface area contributed by atoms with Gasteiger partial charge in [-0.3, -0.25) is 4.79 Å². The van der Waals surface area contributed by atoms with Crippen molar-refractivity contribution in [3.8, 4) is 5.75 Å². The number of ether oxygens (including phenoxy) is 2. The lowest BCUT2D eigenvalue weighted by Gasteiger charge is -1.98. The van der Waals surface area contributed by atoms with E-state index in [1.165, 1.54) is 0 Å². The van der Waals surface area contributed by atoms with Crippen LogP contribution in [-0.4, -0.2) is 25.5 Å². The van der Waals surface area contributed by atoms with Gasteiger partial charge in [0.25, 0.3) is 0 Å². The summed E-state index contributed by atoms with van der Waals surface area (Å²) < 4.78 is 15.2. The van der Waals surface area contributed by atoms with Gasteiger partial charge in [0.15, 0.2) is 5.76 Å². The molecule has 0 aliphatic rings. The van der Waals surface area contributed by atoms with Crippen molar-refractivity contribution in [3.05, 3.63) is 29.5 Å². The highest BCUT2D eigenvalue weighted by atomic mass is 16.5. The largest absolute Gasteiger partial charge is 0.497 e. The Morgan fingerprint density at radius 3 is 2.68 bits per heavy atom. The summed E-state index contributed by atoms with van der Waals surface area (Å²) in [5.74, 6) is -1.04. The van der Waals surface area contributed by atoms with Gasteiger partial charge in [-0.1, -0.05) is 0 Å². The number of aryl methyl sites for hydroxylation is 1. The Labute approximate surface area is 110 Å². The third-order valence-corrected chi connectivity index (χ3v) is 2.81. The van der Waals surface area contributed by atoms with Crippen LogP contribution >= 0.6 is 0 Å². The second-order valence-corrected chi connectivity index (χ2v) is 3.97. The number of esters is 1. The first-order valence-electron chi connectivity index (χ1n) is 5.87. The minimum atomic E-state index is -0.906. The number of carbonyl (C=O) groups excluding carboxylic acids is 2. The number of Topliss-reactive ketones (excluding diaryl/α,β-unsaturated/α-hetero) is 1. The summed E-state index contributed by atoms with van der Waals surface area (Å²) in [6.45, 7) is 3.52. The Morgan fingerprint density at radius 1 is 1.32 bits per heavy atom. The van der Waals surface area contributed by atoms with Gasteiger partial charge in [0, 0.05) is 17.0 Å². The SMILES string of the molecule is CCOC(=O)C(=O)c1oc2cc(OC)ccc2c1C. The predicted molar refractivity (Wildman–Crippen MR) is 68.5 cm³/mol. The second kappa shape index (κ2) is 5.14. The molecule has 0 saturated carbocycles. The topological polar surface area (TPSA) is 65.7 Å². The van der Waals surface area contributed by atoms with Crippen molar-refractivity contribution >= 4 is 22.7 Å². The van der Waals surface area contributed by atoms with Crippen molar-refractivity contribution < 1.29 is 23.5 Å². The number of benzene rings is 1. The fourth-order valence-corrected chi connectivity index (χ4v) is 1.84. The van der Waals surface area contributed by atoms with Gasteiger partial charge in [0.2, 0.25) is 0 Å². The summed E-state index contributed by atoms with van der Waals surface area (Å²) in [5.41, 5.74) is 1.13. The first kappa shape index (κ1) is 13.1. The third kappa shape index (κ3) is 2.31. The molecular weight excluding hydrogens is 248 g/mol. The maximum absolute atomic E-state index is 11.9. The lowest BCUT2D eigenvalue weighted by molar-refractivity contribution is -0.137. The number of hydrogen-bond donors (Lipinski definition) is 0. The summed E-state index contributed by atoms with van der Waals surface area (Å²) in [7, 11) is 1.54. The molecule has 0 N–H and O–H groups in total. The van der Waals surface area contributed by atoms with Crippen molar-refractivity contribution in [2.45, 2.75) is 13.8 Å². The van der Waals surface area contributed by atoms with Crippen molar-refractivity contribution in [1.82, 2.24) is 0 Å². The standard InChI is InChI=1S/C14H14O5/c1-4-18-14(16)12(15)13-8(2)10-6-5-9(17-3)7-11(10)19-13/h5-7H,4H2,1-3H3. The first-order chi connectivity index (χ1) is 9.08. The number of fused-ring (bicyclic) bond motifs is 1. The average Bonchev–Trinajstić information content (AvgIpc) is 2.74. The van der Waals surface area contributed by atoms with Gasteiger partial charge in [0.1, 0.15) is 11.3 Å². The Balaban J connectivity index is 2.47. The molecule has 5 nitrogen and oxygen atoms in total. The molecule has 0 fully saturated rings. The molecular formula is C14H14O5. The zero-order chi connectivity index (χ0) is 14.0. The minimum Gasteiger partial charge on any atom is -0.497 e. The van der Waals surface area contributed by atoms with Crippen LogP contribution in [0.5, 0.6) is 5.75 Å². The second-order valence-electron chi connectivity index (χ2n) is 3.97. The van der Waals surface area contributed by atoms with E-state index < -0.39 is 11.8 Å². The summed E-state index contributed by atoms with van der Waals surface area (Å²) in [6.07, 6.45) is 0. The summed E-state index contributed by atoms with van der Waals surface area (Å²) in [6, 6.07) is 5.22. The fourth-order valence-electron chi connectivity index (χ4n) is 1.84. The van der Waals surface area contributed by atoms with Crippen LogP contribution in [0.3, 0.4) is 0 Å². The smallest absolute Gasteiger partial charge is 0.383 e. The van der Waals surface area contributed by atoms with Crippen molar-refractivity contribution in [2.24, 2.45) is 0 Å². The van der Waals surface area contributed by atoms with E-state index in [0.717, 1.165) is 5.39 Å². The van der Waals surface area contributed by atoms with Crippen LogP contribution in [0.25, 0.3) is 11.0 Å². The van der Waals surface area contributed by atoms with E-state index in [0.29, 0.717) is 16.9 Å². The fraction of sp³-hybridized carbons (Fsp3) is 0.286.